The Morgan fingerprint density at radius 3 is 2.38 bits per heavy atom. The van der Waals surface area contributed by atoms with Crippen LogP contribution in [0.25, 0.3) is 0 Å². The van der Waals surface area contributed by atoms with Crippen molar-refractivity contribution in [1.29, 1.82) is 0 Å². The van der Waals surface area contributed by atoms with Gasteiger partial charge in [-0.1, -0.05) is 19.9 Å². The van der Waals surface area contributed by atoms with E-state index in [1.54, 1.807) is 12.1 Å². The van der Waals surface area contributed by atoms with Crippen LogP contribution in [-0.2, 0) is 0 Å². The number of aromatic hydroxyl groups is 1. The maximum Gasteiger partial charge on any atom is 0.170 e. The fourth-order valence-corrected chi connectivity index (χ4v) is 0.857. The Morgan fingerprint density at radius 1 is 1.38 bits per heavy atom. The van der Waals surface area contributed by atoms with Crippen LogP contribution in [0.1, 0.15) is 24.2 Å². The van der Waals surface area contributed by atoms with Gasteiger partial charge in [-0.2, -0.15) is 0 Å². The van der Waals surface area contributed by atoms with Crippen molar-refractivity contribution in [1.82, 2.24) is 0 Å². The first-order chi connectivity index (χ1) is 6.29. The molecular weight excluding hydrogens is 168 g/mol. The van der Waals surface area contributed by atoms with E-state index in [1.165, 1.54) is 13.2 Å². The summed E-state index contributed by atoms with van der Waals surface area (Å²) in [5.74, 6) is 0.208. The highest BCUT2D eigenvalue weighted by Crippen LogP contribution is 2.27. The Kier molecular flexibility index (Phi) is 5.35. The molecule has 72 valence electrons. The lowest BCUT2D eigenvalue weighted by Gasteiger charge is -2.03. The van der Waals surface area contributed by atoms with Crippen molar-refractivity contribution in [3.8, 4) is 11.5 Å². The molecule has 3 heteroatoms. The lowest BCUT2D eigenvalue weighted by molar-refractivity contribution is 0.112. The molecule has 0 saturated carbocycles. The van der Waals surface area contributed by atoms with E-state index < -0.39 is 0 Å². The standard InChI is InChI=1S/C8H8O3.C2H6/c1-11-8-6(5-9)3-2-4-7(8)10;1-2/h2-5,10H,1H3;1-2H3. The SMILES string of the molecule is CC.COc1c(O)cccc1C=O. The molecule has 0 aliphatic heterocycles. The van der Waals surface area contributed by atoms with Crippen molar-refractivity contribution in [3.63, 3.8) is 0 Å². The van der Waals surface area contributed by atoms with Crippen LogP contribution in [0.5, 0.6) is 11.5 Å². The zero-order valence-corrected chi connectivity index (χ0v) is 8.07. The van der Waals surface area contributed by atoms with Gasteiger partial charge in [-0.05, 0) is 12.1 Å². The van der Waals surface area contributed by atoms with E-state index >= 15 is 0 Å². The third-order valence-corrected chi connectivity index (χ3v) is 1.36. The molecule has 0 unspecified atom stereocenters. The molecule has 1 rings (SSSR count). The molecule has 0 spiro atoms. The highest BCUT2D eigenvalue weighted by Gasteiger charge is 2.05. The van der Waals surface area contributed by atoms with Crippen LogP contribution in [0, 0.1) is 0 Å². The molecule has 0 radical (unpaired) electrons. The molecule has 0 amide bonds. The summed E-state index contributed by atoms with van der Waals surface area (Å²) in [4.78, 5) is 10.3. The predicted molar refractivity (Wildman–Crippen MR) is 51.4 cm³/mol. The minimum atomic E-state index is -0.0166. The molecule has 13 heavy (non-hydrogen) atoms. The van der Waals surface area contributed by atoms with E-state index in [0.717, 1.165) is 0 Å². The molecule has 1 aromatic carbocycles. The molecule has 0 bridgehead atoms. The number of hydrogen-bond donors (Lipinski definition) is 1. The largest absolute Gasteiger partial charge is 0.504 e. The molecule has 0 aliphatic rings. The van der Waals surface area contributed by atoms with Crippen LogP contribution >= 0.6 is 0 Å². The molecule has 0 fully saturated rings. The van der Waals surface area contributed by atoms with Gasteiger partial charge in [0.15, 0.2) is 17.8 Å². The van der Waals surface area contributed by atoms with Crippen molar-refractivity contribution in [2.24, 2.45) is 0 Å². The topological polar surface area (TPSA) is 46.5 Å². The third kappa shape index (κ3) is 2.78. The summed E-state index contributed by atoms with van der Waals surface area (Å²) in [5.41, 5.74) is 0.354. The number of hydrogen-bond acceptors (Lipinski definition) is 3. The lowest BCUT2D eigenvalue weighted by Crippen LogP contribution is -1.89. The summed E-state index contributed by atoms with van der Waals surface area (Å²) in [7, 11) is 1.40. The van der Waals surface area contributed by atoms with Gasteiger partial charge in [0.25, 0.3) is 0 Å². The van der Waals surface area contributed by atoms with E-state index in [1.807, 2.05) is 13.8 Å². The Hall–Kier alpha value is -1.51. The molecule has 1 aromatic rings. The normalized spacial score (nSPS) is 8.23. The van der Waals surface area contributed by atoms with Crippen LogP contribution in [0.4, 0.5) is 0 Å². The Morgan fingerprint density at radius 2 is 2.00 bits per heavy atom. The Labute approximate surface area is 78.0 Å². The summed E-state index contributed by atoms with van der Waals surface area (Å²) in [6, 6.07) is 4.62. The maximum atomic E-state index is 10.3. The number of phenols is 1. The molecule has 0 aromatic heterocycles. The van der Waals surface area contributed by atoms with Gasteiger partial charge in [-0.25, -0.2) is 0 Å². The van der Waals surface area contributed by atoms with E-state index in [-0.39, 0.29) is 11.5 Å². The third-order valence-electron chi connectivity index (χ3n) is 1.36. The Balaban J connectivity index is 0.000000671. The monoisotopic (exact) mass is 182 g/mol. The van der Waals surface area contributed by atoms with Gasteiger partial charge < -0.3 is 9.84 Å². The molecule has 0 heterocycles. The van der Waals surface area contributed by atoms with Gasteiger partial charge in [0.2, 0.25) is 0 Å². The van der Waals surface area contributed by atoms with E-state index in [9.17, 15) is 4.79 Å². The highest BCUT2D eigenvalue weighted by atomic mass is 16.5. The number of phenolic OH excluding ortho intramolecular Hbond substituents is 1. The summed E-state index contributed by atoms with van der Waals surface area (Å²) in [5, 5.41) is 9.14. The molecule has 0 saturated heterocycles. The fraction of sp³-hybridized carbons (Fsp3) is 0.300. The summed E-state index contributed by atoms with van der Waals surface area (Å²) in [6.07, 6.45) is 0.637. The zero-order chi connectivity index (χ0) is 10.3. The van der Waals surface area contributed by atoms with Crippen LogP contribution < -0.4 is 4.74 Å². The fourth-order valence-electron chi connectivity index (χ4n) is 0.857. The number of aldehydes is 1. The van der Waals surface area contributed by atoms with Gasteiger partial charge in [0.05, 0.1) is 12.7 Å². The molecule has 1 N–H and O–H groups in total. The second-order valence-electron chi connectivity index (χ2n) is 2.02. The van der Waals surface area contributed by atoms with E-state index in [0.29, 0.717) is 11.8 Å². The van der Waals surface area contributed by atoms with Gasteiger partial charge in [-0.3, -0.25) is 4.79 Å². The highest BCUT2D eigenvalue weighted by molar-refractivity contribution is 5.80. The smallest absolute Gasteiger partial charge is 0.170 e. The summed E-state index contributed by atoms with van der Waals surface area (Å²) < 4.78 is 4.79. The average molecular weight is 182 g/mol. The van der Waals surface area contributed by atoms with E-state index in [4.69, 9.17) is 9.84 Å². The molecule has 0 atom stereocenters. The van der Waals surface area contributed by atoms with E-state index in [2.05, 4.69) is 0 Å². The van der Waals surface area contributed by atoms with Crippen molar-refractivity contribution in [2.75, 3.05) is 7.11 Å². The molecule has 0 aliphatic carbocycles. The van der Waals surface area contributed by atoms with Gasteiger partial charge in [-0.15, -0.1) is 0 Å². The van der Waals surface area contributed by atoms with Gasteiger partial charge in [0, 0.05) is 0 Å². The number of carbonyl (C=O) groups is 1. The first-order valence-corrected chi connectivity index (χ1v) is 4.10. The van der Waals surface area contributed by atoms with Crippen molar-refractivity contribution >= 4 is 6.29 Å². The predicted octanol–water partition coefficient (Wildman–Crippen LogP) is 2.24. The number of ether oxygens (including phenoxy) is 1. The number of carbonyl (C=O) groups excluding carboxylic acids is 1. The number of rotatable bonds is 2. The average Bonchev–Trinajstić information content (AvgIpc) is 2.20. The van der Waals surface area contributed by atoms with Crippen LogP contribution in [-0.4, -0.2) is 18.5 Å². The van der Waals surface area contributed by atoms with Gasteiger partial charge >= 0.3 is 0 Å². The first-order valence-electron chi connectivity index (χ1n) is 4.10. The quantitative estimate of drug-likeness (QED) is 0.713. The Bertz CT molecular complexity index is 269. The second kappa shape index (κ2) is 6.06. The van der Waals surface area contributed by atoms with Crippen LogP contribution in [0.2, 0.25) is 0 Å². The number of methoxy groups -OCH3 is 1. The van der Waals surface area contributed by atoms with Crippen molar-refractivity contribution in [2.45, 2.75) is 13.8 Å². The van der Waals surface area contributed by atoms with Gasteiger partial charge in [0.1, 0.15) is 0 Å². The minimum Gasteiger partial charge on any atom is -0.504 e. The summed E-state index contributed by atoms with van der Waals surface area (Å²) in [6.45, 7) is 4.00. The number of para-hydroxylation sites is 1. The first kappa shape index (κ1) is 11.5. The molecular formula is C10H14O3. The maximum absolute atomic E-state index is 10.3. The lowest BCUT2D eigenvalue weighted by atomic mass is 10.2. The van der Waals surface area contributed by atoms with Crippen molar-refractivity contribution < 1.29 is 14.6 Å². The van der Waals surface area contributed by atoms with Crippen LogP contribution in [0.3, 0.4) is 0 Å². The zero-order valence-electron chi connectivity index (χ0n) is 8.07. The summed E-state index contributed by atoms with van der Waals surface area (Å²) >= 11 is 0. The second-order valence-corrected chi connectivity index (χ2v) is 2.02. The number of benzene rings is 1. The van der Waals surface area contributed by atoms with Crippen LogP contribution in [0.15, 0.2) is 18.2 Å². The minimum absolute atomic E-state index is 0.0166. The molecule has 3 nitrogen and oxygen atoms in total. The van der Waals surface area contributed by atoms with Crippen molar-refractivity contribution in [3.05, 3.63) is 23.8 Å².